The van der Waals surface area contributed by atoms with Gasteiger partial charge in [-0.25, -0.2) is 0 Å². The fraction of sp³-hybridized carbons (Fsp3) is 0.545. The maximum absolute atomic E-state index is 13.3. The lowest BCUT2D eigenvalue weighted by Crippen LogP contribution is -2.52. The van der Waals surface area contributed by atoms with Gasteiger partial charge in [0.15, 0.2) is 5.82 Å². The molecule has 1 N–H and O–H groups in total. The first-order chi connectivity index (χ1) is 15.2. The zero-order valence-electron chi connectivity index (χ0n) is 18.0. The smallest absolute Gasteiger partial charge is 0.234 e. The standard InChI is InChI=1S/C22H30N6O3/c1-31-15-9-23-19(29)16-26-11-13-27(14-12-26)22(30)18-8-5-10-28-20(24-25-21(18)28)17-6-3-2-4-7-17/h2-4,6-7,18H,5,8-16H2,1H3,(H,23,29). The molecule has 1 unspecified atom stereocenters. The first kappa shape index (κ1) is 21.5. The van der Waals surface area contributed by atoms with Gasteiger partial charge < -0.3 is 19.5 Å². The molecule has 2 amide bonds. The number of amides is 2. The highest BCUT2D eigenvalue weighted by molar-refractivity contribution is 5.83. The number of carbonyl (C=O) groups excluding carboxylic acids is 2. The average Bonchev–Trinajstić information content (AvgIpc) is 3.24. The van der Waals surface area contributed by atoms with Gasteiger partial charge in [0.25, 0.3) is 0 Å². The number of aromatic nitrogens is 3. The van der Waals surface area contributed by atoms with Crippen molar-refractivity contribution >= 4 is 11.8 Å². The second kappa shape index (κ2) is 10.0. The van der Waals surface area contributed by atoms with Crippen LogP contribution in [0.4, 0.5) is 0 Å². The minimum atomic E-state index is -0.248. The van der Waals surface area contributed by atoms with Crippen molar-refractivity contribution in [2.45, 2.75) is 25.3 Å². The molecule has 9 nitrogen and oxygen atoms in total. The summed E-state index contributed by atoms with van der Waals surface area (Å²) in [4.78, 5) is 29.3. The molecule has 1 aromatic heterocycles. The van der Waals surface area contributed by atoms with Crippen LogP contribution in [-0.2, 0) is 20.9 Å². The third kappa shape index (κ3) is 4.94. The zero-order valence-corrected chi connectivity index (χ0v) is 18.0. The Bertz CT molecular complexity index is 892. The second-order valence-corrected chi connectivity index (χ2v) is 8.04. The predicted octanol–water partition coefficient (Wildman–Crippen LogP) is 0.729. The van der Waals surface area contributed by atoms with E-state index < -0.39 is 0 Å². The molecule has 0 saturated carbocycles. The van der Waals surface area contributed by atoms with E-state index in [0.29, 0.717) is 45.9 Å². The van der Waals surface area contributed by atoms with Gasteiger partial charge in [-0.3, -0.25) is 14.5 Å². The fourth-order valence-electron chi connectivity index (χ4n) is 4.31. The van der Waals surface area contributed by atoms with Crippen LogP contribution in [0.5, 0.6) is 0 Å². The Labute approximate surface area is 182 Å². The molecule has 0 radical (unpaired) electrons. The summed E-state index contributed by atoms with van der Waals surface area (Å²) in [5.41, 5.74) is 1.02. The quantitative estimate of drug-likeness (QED) is 0.657. The first-order valence-corrected chi connectivity index (χ1v) is 10.9. The van der Waals surface area contributed by atoms with Crippen molar-refractivity contribution in [2.75, 3.05) is 53.0 Å². The van der Waals surface area contributed by atoms with Gasteiger partial charge in [-0.15, -0.1) is 10.2 Å². The summed E-state index contributed by atoms with van der Waals surface area (Å²) in [6.07, 6.45) is 1.73. The number of piperazine rings is 1. The van der Waals surface area contributed by atoms with E-state index in [2.05, 4.69) is 25.0 Å². The number of rotatable bonds is 7. The van der Waals surface area contributed by atoms with Gasteiger partial charge in [0.2, 0.25) is 11.8 Å². The van der Waals surface area contributed by atoms with Crippen LogP contribution in [0.3, 0.4) is 0 Å². The number of benzene rings is 1. The van der Waals surface area contributed by atoms with Gasteiger partial charge in [-0.1, -0.05) is 30.3 Å². The van der Waals surface area contributed by atoms with Crippen molar-refractivity contribution in [1.82, 2.24) is 29.9 Å². The van der Waals surface area contributed by atoms with Crippen LogP contribution in [0.2, 0.25) is 0 Å². The molecular weight excluding hydrogens is 396 g/mol. The van der Waals surface area contributed by atoms with Crippen LogP contribution in [0.1, 0.15) is 24.6 Å². The van der Waals surface area contributed by atoms with Crippen molar-refractivity contribution < 1.29 is 14.3 Å². The van der Waals surface area contributed by atoms with E-state index in [0.717, 1.165) is 36.6 Å². The molecule has 0 aliphatic carbocycles. The Balaban J connectivity index is 1.35. The van der Waals surface area contributed by atoms with E-state index in [4.69, 9.17) is 4.74 Å². The number of fused-ring (bicyclic) bond motifs is 1. The molecule has 166 valence electrons. The number of carbonyl (C=O) groups is 2. The minimum Gasteiger partial charge on any atom is -0.383 e. The maximum atomic E-state index is 13.3. The first-order valence-electron chi connectivity index (χ1n) is 10.9. The van der Waals surface area contributed by atoms with Gasteiger partial charge in [0.05, 0.1) is 19.1 Å². The second-order valence-electron chi connectivity index (χ2n) is 8.04. The van der Waals surface area contributed by atoms with E-state index >= 15 is 0 Å². The van der Waals surface area contributed by atoms with Crippen LogP contribution in [0.25, 0.3) is 11.4 Å². The lowest BCUT2D eigenvalue weighted by molar-refractivity contribution is -0.135. The summed E-state index contributed by atoms with van der Waals surface area (Å²) in [6.45, 7) is 4.84. The topological polar surface area (TPSA) is 92.6 Å². The van der Waals surface area contributed by atoms with Gasteiger partial charge >= 0.3 is 0 Å². The van der Waals surface area contributed by atoms with Gasteiger partial charge in [0.1, 0.15) is 5.82 Å². The number of methoxy groups -OCH3 is 1. The third-order valence-corrected chi connectivity index (χ3v) is 5.98. The van der Waals surface area contributed by atoms with Crippen LogP contribution < -0.4 is 5.32 Å². The molecule has 31 heavy (non-hydrogen) atoms. The maximum Gasteiger partial charge on any atom is 0.234 e. The van der Waals surface area contributed by atoms with Crippen LogP contribution in [-0.4, -0.2) is 89.4 Å². The monoisotopic (exact) mass is 426 g/mol. The zero-order chi connectivity index (χ0) is 21.6. The Morgan fingerprint density at radius 1 is 1.10 bits per heavy atom. The molecule has 1 fully saturated rings. The van der Waals surface area contributed by atoms with E-state index in [1.807, 2.05) is 35.2 Å². The predicted molar refractivity (Wildman–Crippen MR) is 115 cm³/mol. The molecular formula is C22H30N6O3. The molecule has 2 aliphatic rings. The number of hydrogen-bond acceptors (Lipinski definition) is 6. The molecule has 3 heterocycles. The lowest BCUT2D eigenvalue weighted by Gasteiger charge is -2.36. The lowest BCUT2D eigenvalue weighted by atomic mass is 9.96. The molecule has 2 aliphatic heterocycles. The number of hydrogen-bond donors (Lipinski definition) is 1. The molecule has 1 atom stereocenters. The largest absolute Gasteiger partial charge is 0.383 e. The van der Waals surface area contributed by atoms with Crippen LogP contribution in [0, 0.1) is 0 Å². The van der Waals surface area contributed by atoms with Gasteiger partial charge in [0, 0.05) is 51.9 Å². The summed E-state index contributed by atoms with van der Waals surface area (Å²) >= 11 is 0. The number of nitrogens with zero attached hydrogens (tertiary/aromatic N) is 5. The SMILES string of the molecule is COCCNC(=O)CN1CCN(C(=O)C2CCCn3c(-c4ccccc4)nnc32)CC1. The van der Waals surface area contributed by atoms with Crippen LogP contribution in [0.15, 0.2) is 30.3 Å². The molecule has 1 saturated heterocycles. The summed E-state index contributed by atoms with van der Waals surface area (Å²) in [5, 5.41) is 11.7. The summed E-state index contributed by atoms with van der Waals surface area (Å²) in [5.74, 6) is 1.47. The summed E-state index contributed by atoms with van der Waals surface area (Å²) in [7, 11) is 1.61. The molecule has 9 heteroatoms. The van der Waals surface area contributed by atoms with Crippen molar-refractivity contribution in [3.05, 3.63) is 36.2 Å². The molecule has 4 rings (SSSR count). The minimum absolute atomic E-state index is 0.00866. The van der Waals surface area contributed by atoms with Crippen molar-refractivity contribution in [2.24, 2.45) is 0 Å². The Morgan fingerprint density at radius 2 is 1.87 bits per heavy atom. The summed E-state index contributed by atoms with van der Waals surface area (Å²) < 4.78 is 7.05. The Morgan fingerprint density at radius 3 is 2.61 bits per heavy atom. The van der Waals surface area contributed by atoms with Crippen LogP contribution >= 0.6 is 0 Å². The molecule has 1 aromatic carbocycles. The van der Waals surface area contributed by atoms with E-state index in [1.165, 1.54) is 0 Å². The van der Waals surface area contributed by atoms with E-state index in [1.54, 1.807) is 7.11 Å². The van der Waals surface area contributed by atoms with Crippen molar-refractivity contribution in [1.29, 1.82) is 0 Å². The Kier molecular flexibility index (Phi) is 6.93. The molecule has 0 bridgehead atoms. The highest BCUT2D eigenvalue weighted by Crippen LogP contribution is 2.31. The summed E-state index contributed by atoms with van der Waals surface area (Å²) in [6, 6.07) is 9.99. The fourth-order valence-corrected chi connectivity index (χ4v) is 4.31. The van der Waals surface area contributed by atoms with Gasteiger partial charge in [-0.2, -0.15) is 0 Å². The van der Waals surface area contributed by atoms with Gasteiger partial charge in [-0.05, 0) is 12.8 Å². The third-order valence-electron chi connectivity index (χ3n) is 5.98. The molecule has 0 spiro atoms. The van der Waals surface area contributed by atoms with E-state index in [-0.39, 0.29) is 17.7 Å². The van der Waals surface area contributed by atoms with Crippen molar-refractivity contribution in [3.8, 4) is 11.4 Å². The Hall–Kier alpha value is -2.78. The number of ether oxygens (including phenoxy) is 1. The van der Waals surface area contributed by atoms with Crippen molar-refractivity contribution in [3.63, 3.8) is 0 Å². The highest BCUT2D eigenvalue weighted by atomic mass is 16.5. The number of nitrogens with one attached hydrogen (secondary N) is 1. The van der Waals surface area contributed by atoms with E-state index in [9.17, 15) is 9.59 Å². The molecule has 2 aromatic rings. The average molecular weight is 427 g/mol. The normalized spacial score (nSPS) is 19.1. The highest BCUT2D eigenvalue weighted by Gasteiger charge is 2.35.